The molecule has 0 atom stereocenters. The Morgan fingerprint density at radius 3 is 2.60 bits per heavy atom. The van der Waals surface area contributed by atoms with Crippen LogP contribution in [-0.2, 0) is 6.54 Å². The molecule has 2 N–H and O–H groups in total. The third-order valence-corrected chi connectivity index (χ3v) is 3.10. The van der Waals surface area contributed by atoms with Gasteiger partial charge in [0.1, 0.15) is 11.9 Å². The molecule has 2 aromatic rings. The molecule has 0 bridgehead atoms. The van der Waals surface area contributed by atoms with E-state index in [1.54, 1.807) is 12.3 Å². The minimum absolute atomic E-state index is 0.235. The van der Waals surface area contributed by atoms with E-state index in [0.717, 1.165) is 0 Å². The zero-order valence-electron chi connectivity index (χ0n) is 11.7. The van der Waals surface area contributed by atoms with Crippen molar-refractivity contribution in [2.24, 2.45) is 0 Å². The van der Waals surface area contributed by atoms with Crippen LogP contribution in [0.15, 0.2) is 42.6 Å². The number of nitrogens with two attached hydrogens (primary N) is 1. The molecule has 0 radical (unpaired) electrons. The van der Waals surface area contributed by atoms with Crippen LogP contribution in [0.3, 0.4) is 0 Å². The first kappa shape index (κ1) is 13.9. The van der Waals surface area contributed by atoms with E-state index in [0.29, 0.717) is 23.6 Å². The Balaban J connectivity index is 2.37. The van der Waals surface area contributed by atoms with Crippen LogP contribution in [0.5, 0.6) is 0 Å². The summed E-state index contributed by atoms with van der Waals surface area (Å²) in [6, 6.07) is 14.2. The highest BCUT2D eigenvalue weighted by Gasteiger charge is 2.16. The molecule has 4 nitrogen and oxygen atoms in total. The lowest BCUT2D eigenvalue weighted by Crippen LogP contribution is -2.31. The summed E-state index contributed by atoms with van der Waals surface area (Å²) in [6.45, 7) is 4.88. The van der Waals surface area contributed by atoms with Gasteiger partial charge in [-0.3, -0.25) is 0 Å². The van der Waals surface area contributed by atoms with Gasteiger partial charge in [0.2, 0.25) is 0 Å². The van der Waals surface area contributed by atoms with Crippen LogP contribution in [-0.4, -0.2) is 11.0 Å². The van der Waals surface area contributed by atoms with Crippen molar-refractivity contribution in [3.63, 3.8) is 0 Å². The second kappa shape index (κ2) is 6.07. The lowest BCUT2D eigenvalue weighted by molar-refractivity contribution is 0.672. The van der Waals surface area contributed by atoms with Gasteiger partial charge in [0.25, 0.3) is 0 Å². The van der Waals surface area contributed by atoms with Crippen molar-refractivity contribution in [2.45, 2.75) is 26.4 Å². The van der Waals surface area contributed by atoms with Gasteiger partial charge in [0.05, 0.1) is 17.4 Å². The predicted octanol–water partition coefficient (Wildman–Crippen LogP) is 2.95. The monoisotopic (exact) mass is 266 g/mol. The lowest BCUT2D eigenvalue weighted by atomic mass is 10.1. The van der Waals surface area contributed by atoms with E-state index >= 15 is 0 Å². The summed E-state index contributed by atoms with van der Waals surface area (Å²) >= 11 is 0. The summed E-state index contributed by atoms with van der Waals surface area (Å²) < 4.78 is 0. The standard InChI is InChI=1S/C16H18N4/c1-12(2)20(11-13-6-4-3-5-7-13)16-14(9-17)8-15(18)10-19-16/h3-8,10,12H,11,18H2,1-2H3. The Morgan fingerprint density at radius 1 is 1.30 bits per heavy atom. The molecule has 1 aromatic carbocycles. The number of nitriles is 1. The van der Waals surface area contributed by atoms with Gasteiger partial charge in [-0.2, -0.15) is 5.26 Å². The fraction of sp³-hybridized carbons (Fsp3) is 0.250. The molecule has 1 aromatic heterocycles. The van der Waals surface area contributed by atoms with Gasteiger partial charge < -0.3 is 10.6 Å². The van der Waals surface area contributed by atoms with Crippen molar-refractivity contribution < 1.29 is 0 Å². The average Bonchev–Trinajstić information content (AvgIpc) is 2.46. The molecular weight excluding hydrogens is 248 g/mol. The molecule has 4 heteroatoms. The van der Waals surface area contributed by atoms with Crippen molar-refractivity contribution in [1.29, 1.82) is 5.26 Å². The SMILES string of the molecule is CC(C)N(Cc1ccccc1)c1ncc(N)cc1C#N. The van der Waals surface area contributed by atoms with Crippen molar-refractivity contribution in [1.82, 2.24) is 4.98 Å². The Kier molecular flexibility index (Phi) is 4.21. The van der Waals surface area contributed by atoms with Crippen molar-refractivity contribution in [3.8, 4) is 6.07 Å². The third kappa shape index (κ3) is 3.07. The summed E-state index contributed by atoms with van der Waals surface area (Å²) in [5.41, 5.74) is 7.90. The summed E-state index contributed by atoms with van der Waals surface area (Å²) in [7, 11) is 0. The van der Waals surface area contributed by atoms with Gasteiger partial charge in [0.15, 0.2) is 0 Å². The van der Waals surface area contributed by atoms with Crippen LogP contribution >= 0.6 is 0 Å². The molecule has 0 fully saturated rings. The highest BCUT2D eigenvalue weighted by atomic mass is 15.2. The summed E-state index contributed by atoms with van der Waals surface area (Å²) in [5.74, 6) is 0.681. The van der Waals surface area contributed by atoms with E-state index in [9.17, 15) is 5.26 Å². The number of benzene rings is 1. The fourth-order valence-corrected chi connectivity index (χ4v) is 2.07. The van der Waals surface area contributed by atoms with Crippen LogP contribution in [0.2, 0.25) is 0 Å². The highest BCUT2D eigenvalue weighted by molar-refractivity contribution is 5.59. The van der Waals surface area contributed by atoms with Gasteiger partial charge in [-0.05, 0) is 25.5 Å². The summed E-state index contributed by atoms with van der Waals surface area (Å²) in [6.07, 6.45) is 1.59. The van der Waals surface area contributed by atoms with E-state index in [2.05, 4.69) is 41.9 Å². The number of anilines is 2. The van der Waals surface area contributed by atoms with E-state index in [1.807, 2.05) is 18.2 Å². The van der Waals surface area contributed by atoms with Gasteiger partial charge in [0, 0.05) is 12.6 Å². The number of rotatable bonds is 4. The van der Waals surface area contributed by atoms with Crippen LogP contribution in [0.25, 0.3) is 0 Å². The van der Waals surface area contributed by atoms with Crippen molar-refractivity contribution >= 4 is 11.5 Å². The van der Waals surface area contributed by atoms with Crippen molar-refractivity contribution in [2.75, 3.05) is 10.6 Å². The first-order valence-electron chi connectivity index (χ1n) is 6.58. The molecule has 20 heavy (non-hydrogen) atoms. The molecule has 0 unspecified atom stereocenters. The van der Waals surface area contributed by atoms with Gasteiger partial charge in [-0.1, -0.05) is 30.3 Å². The number of nitrogen functional groups attached to an aromatic ring is 1. The highest BCUT2D eigenvalue weighted by Crippen LogP contribution is 2.23. The van der Waals surface area contributed by atoms with E-state index in [-0.39, 0.29) is 6.04 Å². The molecule has 0 aliphatic carbocycles. The van der Waals surface area contributed by atoms with E-state index < -0.39 is 0 Å². The van der Waals surface area contributed by atoms with Gasteiger partial charge in [-0.25, -0.2) is 4.98 Å². The number of hydrogen-bond donors (Lipinski definition) is 1. The second-order valence-corrected chi connectivity index (χ2v) is 4.96. The molecular formula is C16H18N4. The largest absolute Gasteiger partial charge is 0.397 e. The molecule has 102 valence electrons. The van der Waals surface area contributed by atoms with Crippen LogP contribution in [0, 0.1) is 11.3 Å². The maximum Gasteiger partial charge on any atom is 0.147 e. The number of nitrogens with zero attached hydrogens (tertiary/aromatic N) is 3. The Labute approximate surface area is 119 Å². The number of pyridine rings is 1. The smallest absolute Gasteiger partial charge is 0.147 e. The van der Waals surface area contributed by atoms with Crippen LogP contribution in [0.4, 0.5) is 11.5 Å². The van der Waals surface area contributed by atoms with Crippen LogP contribution < -0.4 is 10.6 Å². The molecule has 0 saturated carbocycles. The first-order valence-corrected chi connectivity index (χ1v) is 6.58. The van der Waals surface area contributed by atoms with Gasteiger partial charge in [-0.15, -0.1) is 0 Å². The van der Waals surface area contributed by atoms with E-state index in [4.69, 9.17) is 5.73 Å². The molecule has 0 spiro atoms. The normalized spacial score (nSPS) is 10.3. The Hall–Kier alpha value is -2.54. The molecule has 0 amide bonds. The predicted molar refractivity (Wildman–Crippen MR) is 81.1 cm³/mol. The lowest BCUT2D eigenvalue weighted by Gasteiger charge is -2.28. The Bertz CT molecular complexity index is 614. The zero-order valence-corrected chi connectivity index (χ0v) is 11.7. The second-order valence-electron chi connectivity index (χ2n) is 4.96. The third-order valence-electron chi connectivity index (χ3n) is 3.10. The maximum atomic E-state index is 9.27. The fourth-order valence-electron chi connectivity index (χ4n) is 2.07. The maximum absolute atomic E-state index is 9.27. The number of aromatic nitrogens is 1. The van der Waals surface area contributed by atoms with Gasteiger partial charge >= 0.3 is 0 Å². The Morgan fingerprint density at radius 2 is 2.00 bits per heavy atom. The number of hydrogen-bond acceptors (Lipinski definition) is 4. The zero-order chi connectivity index (χ0) is 14.5. The molecule has 1 heterocycles. The summed E-state index contributed by atoms with van der Waals surface area (Å²) in [4.78, 5) is 6.45. The minimum atomic E-state index is 0.235. The quantitative estimate of drug-likeness (QED) is 0.924. The first-order chi connectivity index (χ1) is 9.61. The van der Waals surface area contributed by atoms with E-state index in [1.165, 1.54) is 5.56 Å². The average molecular weight is 266 g/mol. The minimum Gasteiger partial charge on any atom is -0.397 e. The molecule has 0 aliphatic rings. The van der Waals surface area contributed by atoms with Crippen LogP contribution in [0.1, 0.15) is 25.0 Å². The molecule has 2 rings (SSSR count). The molecule has 0 aliphatic heterocycles. The summed E-state index contributed by atoms with van der Waals surface area (Å²) in [5, 5.41) is 9.27. The topological polar surface area (TPSA) is 65.9 Å². The molecule has 0 saturated heterocycles. The van der Waals surface area contributed by atoms with Crippen molar-refractivity contribution in [3.05, 3.63) is 53.7 Å².